The Morgan fingerprint density at radius 1 is 0.675 bits per heavy atom. The van der Waals surface area contributed by atoms with Crippen LogP contribution >= 0.6 is 0 Å². The Balaban J connectivity index is 0.00000264. The van der Waals surface area contributed by atoms with Crippen LogP contribution in [0.4, 0.5) is 0 Å². The van der Waals surface area contributed by atoms with Crippen molar-refractivity contribution in [1.82, 2.24) is 28.7 Å². The second-order valence-electron chi connectivity index (χ2n) is 10.7. The number of rotatable bonds is 2. The van der Waals surface area contributed by atoms with Crippen LogP contribution in [-0.4, -0.2) is 28.7 Å². The third kappa shape index (κ3) is 3.54. The van der Waals surface area contributed by atoms with Crippen molar-refractivity contribution in [2.75, 3.05) is 0 Å². The molecule has 196 valence electrons. The summed E-state index contributed by atoms with van der Waals surface area (Å²) in [7, 11) is 0. The molecule has 0 fully saturated rings. The monoisotopic (exact) mass is 701 g/mol. The van der Waals surface area contributed by atoms with Gasteiger partial charge in [-0.3, -0.25) is 15.0 Å². The van der Waals surface area contributed by atoms with E-state index in [0.29, 0.717) is 11.5 Å². The normalized spacial score (nSPS) is 12.2. The SMILES string of the molecule is CC(C)(C)c1cccc2c1c1ccc(Oc3[c-]c4c(cc3)c3nccnc3n3ccnc43)[c-]c1c1nccn21.[Pt+2]. The molecule has 0 saturated heterocycles. The zero-order valence-corrected chi connectivity index (χ0v) is 24.2. The molecule has 0 amide bonds. The van der Waals surface area contributed by atoms with Gasteiger partial charge in [0, 0.05) is 54.2 Å². The van der Waals surface area contributed by atoms with Gasteiger partial charge in [-0.05, 0) is 22.4 Å². The first-order valence-electron chi connectivity index (χ1n) is 12.8. The van der Waals surface area contributed by atoms with Crippen LogP contribution in [0.25, 0.3) is 54.9 Å². The van der Waals surface area contributed by atoms with E-state index in [1.165, 1.54) is 10.9 Å². The maximum absolute atomic E-state index is 6.35. The molecule has 0 N–H and O–H groups in total. The van der Waals surface area contributed by atoms with Crippen LogP contribution in [0.3, 0.4) is 0 Å². The van der Waals surface area contributed by atoms with E-state index >= 15 is 0 Å². The third-order valence-electron chi connectivity index (χ3n) is 7.33. The number of pyridine rings is 2. The van der Waals surface area contributed by atoms with Gasteiger partial charge in [-0.2, -0.15) is 0 Å². The number of benzene rings is 3. The molecule has 0 saturated carbocycles. The number of aromatic nitrogens is 6. The van der Waals surface area contributed by atoms with Crippen molar-refractivity contribution in [1.29, 1.82) is 0 Å². The van der Waals surface area contributed by atoms with Crippen molar-refractivity contribution < 1.29 is 25.8 Å². The molecule has 0 aliphatic rings. The summed E-state index contributed by atoms with van der Waals surface area (Å²) in [4.78, 5) is 18.3. The smallest absolute Gasteiger partial charge is 0.497 e. The summed E-state index contributed by atoms with van der Waals surface area (Å²) >= 11 is 0. The molecule has 7 nitrogen and oxygen atoms in total. The quantitative estimate of drug-likeness (QED) is 0.143. The van der Waals surface area contributed by atoms with Gasteiger partial charge < -0.3 is 13.5 Å². The van der Waals surface area contributed by atoms with Crippen LogP contribution in [0.5, 0.6) is 11.5 Å². The minimum Gasteiger partial charge on any atom is -0.497 e. The second-order valence-corrected chi connectivity index (χ2v) is 10.7. The van der Waals surface area contributed by atoms with Crippen LogP contribution in [0.1, 0.15) is 26.3 Å². The predicted octanol–water partition coefficient (Wildman–Crippen LogP) is 7.07. The van der Waals surface area contributed by atoms with E-state index < -0.39 is 0 Å². The summed E-state index contributed by atoms with van der Waals surface area (Å²) < 4.78 is 10.4. The number of imidazole rings is 2. The number of hydrogen-bond donors (Lipinski definition) is 0. The molecule has 0 radical (unpaired) electrons. The Morgan fingerprint density at radius 3 is 2.05 bits per heavy atom. The Kier molecular flexibility index (Phi) is 5.45. The largest absolute Gasteiger partial charge is 2.00 e. The molecule has 3 aromatic carbocycles. The maximum atomic E-state index is 6.35. The molecular formula is C32H22N6OPt. The van der Waals surface area contributed by atoms with Crippen molar-refractivity contribution in [3.8, 4) is 11.5 Å². The Labute approximate surface area is 243 Å². The summed E-state index contributed by atoms with van der Waals surface area (Å²) in [6, 6.07) is 21.4. The van der Waals surface area contributed by atoms with Gasteiger partial charge in [-0.1, -0.05) is 78.7 Å². The van der Waals surface area contributed by atoms with Crippen LogP contribution < -0.4 is 4.74 Å². The summed E-state index contributed by atoms with van der Waals surface area (Å²) in [6.45, 7) is 6.73. The molecule has 0 atom stereocenters. The molecule has 0 spiro atoms. The Hall–Kier alpha value is -4.35. The Bertz CT molecular complexity index is 2260. The van der Waals surface area contributed by atoms with Gasteiger partial charge in [-0.25, -0.2) is 4.98 Å². The molecule has 5 heterocycles. The van der Waals surface area contributed by atoms with Crippen molar-refractivity contribution in [3.63, 3.8) is 0 Å². The fraction of sp³-hybridized carbons (Fsp3) is 0.125. The van der Waals surface area contributed by atoms with E-state index in [4.69, 9.17) is 4.74 Å². The molecule has 8 heteroatoms. The zero-order valence-electron chi connectivity index (χ0n) is 21.9. The second kappa shape index (κ2) is 8.83. The molecule has 0 unspecified atom stereocenters. The average molecular weight is 702 g/mol. The summed E-state index contributed by atoms with van der Waals surface area (Å²) in [5.41, 5.74) is 5.54. The van der Waals surface area contributed by atoms with Gasteiger partial charge >= 0.3 is 21.1 Å². The van der Waals surface area contributed by atoms with Crippen molar-refractivity contribution in [2.45, 2.75) is 26.2 Å². The number of hydrogen-bond acceptors (Lipinski definition) is 5. The summed E-state index contributed by atoms with van der Waals surface area (Å²) in [6.07, 6.45) is 10.9. The minimum atomic E-state index is -0.0251. The summed E-state index contributed by atoms with van der Waals surface area (Å²) in [5.74, 6) is 1.16. The zero-order chi connectivity index (χ0) is 26.3. The first kappa shape index (κ1) is 24.7. The van der Waals surface area contributed by atoms with Gasteiger partial charge in [0.1, 0.15) is 5.65 Å². The molecule has 0 bridgehead atoms. The van der Waals surface area contributed by atoms with Crippen molar-refractivity contribution in [3.05, 3.63) is 97.3 Å². The van der Waals surface area contributed by atoms with Crippen molar-refractivity contribution >= 4 is 54.9 Å². The van der Waals surface area contributed by atoms with Crippen molar-refractivity contribution in [2.24, 2.45) is 0 Å². The first-order chi connectivity index (χ1) is 19.0. The topological polar surface area (TPSA) is 69.6 Å². The number of nitrogens with zero attached hydrogens (tertiary/aromatic N) is 6. The molecule has 0 aliphatic heterocycles. The van der Waals surface area contributed by atoms with Crippen LogP contribution in [0.2, 0.25) is 0 Å². The minimum absolute atomic E-state index is 0. The van der Waals surface area contributed by atoms with Gasteiger partial charge in [0.2, 0.25) is 0 Å². The molecule has 40 heavy (non-hydrogen) atoms. The number of fused-ring (bicyclic) bond motifs is 12. The average Bonchev–Trinajstić information content (AvgIpc) is 3.63. The van der Waals surface area contributed by atoms with Crippen LogP contribution in [0, 0.1) is 12.1 Å². The predicted molar refractivity (Wildman–Crippen MR) is 152 cm³/mol. The van der Waals surface area contributed by atoms with Gasteiger partial charge in [0.25, 0.3) is 0 Å². The molecule has 8 aromatic rings. The van der Waals surface area contributed by atoms with E-state index in [0.717, 1.165) is 49.5 Å². The van der Waals surface area contributed by atoms with E-state index in [-0.39, 0.29) is 26.5 Å². The van der Waals surface area contributed by atoms with E-state index in [9.17, 15) is 0 Å². The fourth-order valence-corrected chi connectivity index (χ4v) is 5.63. The van der Waals surface area contributed by atoms with E-state index in [1.807, 2.05) is 41.2 Å². The summed E-state index contributed by atoms with van der Waals surface area (Å²) in [5, 5.41) is 4.97. The van der Waals surface area contributed by atoms with Gasteiger partial charge in [-0.15, -0.1) is 12.1 Å². The molecule has 0 aliphatic carbocycles. The van der Waals surface area contributed by atoms with Gasteiger partial charge in [0.15, 0.2) is 0 Å². The first-order valence-corrected chi connectivity index (χ1v) is 12.8. The van der Waals surface area contributed by atoms with Gasteiger partial charge in [0.05, 0.1) is 16.8 Å². The third-order valence-corrected chi connectivity index (χ3v) is 7.33. The van der Waals surface area contributed by atoms with Crippen LogP contribution in [0.15, 0.2) is 79.6 Å². The molecular weight excluding hydrogens is 679 g/mol. The van der Waals surface area contributed by atoms with E-state index in [1.54, 1.807) is 18.6 Å². The standard InChI is InChI=1S/C32H22N6O.Pt/c1-32(2,3)25-5-4-6-26-27(25)21-9-7-19(17-23(21)29-35-13-15-37(26)29)39-20-8-10-22-24(18-20)30-36-14-16-38(30)31-28(22)33-11-12-34-31;/h4-16H,1-3H3;/q-2;+2. The maximum Gasteiger partial charge on any atom is 2.00 e. The van der Waals surface area contributed by atoms with E-state index in [2.05, 4.69) is 81.5 Å². The van der Waals surface area contributed by atoms with Crippen LogP contribution in [-0.2, 0) is 26.5 Å². The Morgan fingerprint density at radius 2 is 1.30 bits per heavy atom. The number of ether oxygens (including phenoxy) is 1. The molecule has 5 aromatic heterocycles. The fourth-order valence-electron chi connectivity index (χ4n) is 5.63. The molecule has 8 rings (SSSR count).